The molecule has 1 heterocycles. The van der Waals surface area contributed by atoms with Crippen LogP contribution in [-0.2, 0) is 16.5 Å². The first-order valence-corrected chi connectivity index (χ1v) is 8.08. The summed E-state index contributed by atoms with van der Waals surface area (Å²) >= 11 is 0. The first-order chi connectivity index (χ1) is 5.41. The maximum Gasteiger partial charge on any atom is 0.286 e. The Morgan fingerprint density at radius 2 is 0.909 bits per heavy atom. The van der Waals surface area contributed by atoms with Crippen molar-refractivity contribution in [1.82, 2.24) is 0 Å². The van der Waals surface area contributed by atoms with Crippen LogP contribution in [0, 0.1) is 0 Å². The van der Waals surface area contributed by atoms with Gasteiger partial charge in [0.25, 0.3) is 40.0 Å². The van der Waals surface area contributed by atoms with Crippen molar-refractivity contribution in [1.29, 1.82) is 0 Å². The average molecular weight is 225 g/mol. The van der Waals surface area contributed by atoms with Gasteiger partial charge in [0.2, 0.25) is 0 Å². The summed E-state index contributed by atoms with van der Waals surface area (Å²) in [4.78, 5) is 0. The van der Waals surface area contributed by atoms with E-state index in [4.69, 9.17) is 16.5 Å². The molecule has 1 rings (SSSR count). The Labute approximate surface area is 77.8 Å². The van der Waals surface area contributed by atoms with E-state index in [2.05, 4.69) is 0 Å². The smallest absolute Gasteiger partial charge is 0.286 e. The second-order valence-corrected chi connectivity index (χ2v) is 9.34. The summed E-state index contributed by atoms with van der Waals surface area (Å²) in [6, 6.07) is 0. The summed E-state index contributed by atoms with van der Waals surface area (Å²) in [5.74, 6) is 0. The van der Waals surface area contributed by atoms with E-state index in [1.165, 1.54) is 0 Å². The zero-order chi connectivity index (χ0) is 8.36. The second-order valence-electron chi connectivity index (χ2n) is 1.87. The molecule has 0 unspecified atom stereocenters. The van der Waals surface area contributed by atoms with E-state index in [1.807, 2.05) is 20.9 Å². The Balaban J connectivity index is 0.000000292. The van der Waals surface area contributed by atoms with Gasteiger partial charge in [0, 0.05) is 0 Å². The van der Waals surface area contributed by atoms with E-state index in [1.54, 1.807) is 0 Å². The van der Waals surface area contributed by atoms with E-state index < -0.39 is 40.0 Å². The van der Waals surface area contributed by atoms with Gasteiger partial charge in [0.15, 0.2) is 0 Å². The number of rotatable bonds is 0. The minimum atomic E-state index is -0.653. The minimum absolute atomic E-state index is 0.653. The van der Waals surface area contributed by atoms with Crippen LogP contribution in [0.15, 0.2) is 0 Å². The Hall–Kier alpha value is 0.772. The highest BCUT2D eigenvalue weighted by molar-refractivity contribution is 6.50. The third kappa shape index (κ3) is 10.8. The van der Waals surface area contributed by atoms with Crippen molar-refractivity contribution < 1.29 is 16.5 Å². The van der Waals surface area contributed by atoms with E-state index in [-0.39, 0.29) is 0 Å². The van der Waals surface area contributed by atoms with Crippen LogP contribution in [0.25, 0.3) is 0 Å². The molecule has 0 N–H and O–H groups in total. The molecular weight excluding hydrogens is 211 g/mol. The van der Waals surface area contributed by atoms with E-state index in [0.29, 0.717) is 0 Å². The highest BCUT2D eigenvalue weighted by Crippen LogP contribution is 1.79. The van der Waals surface area contributed by atoms with Crippen molar-refractivity contribution in [2.24, 2.45) is 0 Å². The molecule has 1 aliphatic rings. The fourth-order valence-electron chi connectivity index (χ4n) is 0.372. The minimum Gasteiger partial charge on any atom is -0.425 e. The van der Waals surface area contributed by atoms with Crippen molar-refractivity contribution in [2.45, 2.75) is 13.6 Å². The van der Waals surface area contributed by atoms with Crippen LogP contribution >= 0.6 is 0 Å². The first kappa shape index (κ1) is 11.8. The zero-order valence-corrected chi connectivity index (χ0v) is 12.7. The lowest BCUT2D eigenvalue weighted by Gasteiger charge is -2.10. The highest BCUT2D eigenvalue weighted by Gasteiger charge is 1.97. The van der Waals surface area contributed by atoms with Gasteiger partial charge < -0.3 is 16.5 Å². The lowest BCUT2D eigenvalue weighted by molar-refractivity contribution is 0.347. The topological polar surface area (TPSA) is 36.9 Å². The lowest BCUT2D eigenvalue weighted by Crippen LogP contribution is -2.23. The van der Waals surface area contributed by atoms with Gasteiger partial charge in [0.05, 0.1) is 0 Å². The molecule has 0 saturated carbocycles. The molecular formula is C2H14BO4Si4. The fourth-order valence-corrected chi connectivity index (χ4v) is 7.59. The van der Waals surface area contributed by atoms with Gasteiger partial charge in [-0.05, 0) is 0 Å². The summed E-state index contributed by atoms with van der Waals surface area (Å²) < 4.78 is 20.4. The molecule has 1 saturated heterocycles. The van der Waals surface area contributed by atoms with Crippen molar-refractivity contribution >= 4 is 47.3 Å². The molecule has 0 amide bonds. The fraction of sp³-hybridized carbons (Fsp3) is 1.00. The summed E-state index contributed by atoms with van der Waals surface area (Å²) in [5, 5.41) is 0. The van der Waals surface area contributed by atoms with Crippen LogP contribution in [0.3, 0.4) is 0 Å². The predicted octanol–water partition coefficient (Wildman–Crippen LogP) is -3.15. The van der Waals surface area contributed by atoms with E-state index >= 15 is 0 Å². The summed E-state index contributed by atoms with van der Waals surface area (Å²) in [6.45, 7) is 4.00. The molecule has 0 aliphatic carbocycles. The molecule has 65 valence electrons. The number of hydrogen-bond donors (Lipinski definition) is 0. The Morgan fingerprint density at radius 1 is 0.727 bits per heavy atom. The van der Waals surface area contributed by atoms with E-state index in [9.17, 15) is 0 Å². The molecule has 0 aromatic rings. The third-order valence-electron chi connectivity index (χ3n) is 0.667. The van der Waals surface area contributed by atoms with Crippen molar-refractivity contribution in [2.75, 3.05) is 0 Å². The Kier molecular flexibility index (Phi) is 11.5. The highest BCUT2D eigenvalue weighted by atomic mass is 28.4. The molecule has 9 heteroatoms. The molecule has 1 aliphatic heterocycles. The molecule has 1 radical (unpaired) electrons. The first-order valence-electron chi connectivity index (χ1n) is 3.46. The maximum atomic E-state index is 5.10. The average Bonchev–Trinajstić information content (AvgIpc) is 1.86. The van der Waals surface area contributed by atoms with Gasteiger partial charge in [-0.2, -0.15) is 0 Å². The summed E-state index contributed by atoms with van der Waals surface area (Å²) in [5.41, 5.74) is 0. The zero-order valence-electron chi connectivity index (χ0n) is 7.04. The van der Waals surface area contributed by atoms with Gasteiger partial charge in [-0.15, -0.1) is 0 Å². The van der Waals surface area contributed by atoms with Crippen LogP contribution in [0.1, 0.15) is 0 Å². The molecule has 0 aromatic carbocycles. The molecule has 0 bridgehead atoms. The normalized spacial score (nSPS) is 27.5. The van der Waals surface area contributed by atoms with E-state index in [0.717, 1.165) is 0 Å². The third-order valence-corrected chi connectivity index (χ3v) is 6.00. The van der Waals surface area contributed by atoms with Crippen LogP contribution in [0.4, 0.5) is 0 Å². The lowest BCUT2D eigenvalue weighted by atomic mass is 9.88. The number of hydrogen-bond acceptors (Lipinski definition) is 4. The SMILES string of the molecule is C[B]C.O1[SiH2]O[SiH2]O[SiH2]O[SiH2]1. The second kappa shape index (κ2) is 10.8. The van der Waals surface area contributed by atoms with Gasteiger partial charge in [-0.25, -0.2) is 0 Å². The molecule has 1 fully saturated rings. The van der Waals surface area contributed by atoms with Gasteiger partial charge in [0.1, 0.15) is 7.28 Å². The Bertz CT molecular complexity index is 53.1. The van der Waals surface area contributed by atoms with Gasteiger partial charge in [-0.1, -0.05) is 13.6 Å². The summed E-state index contributed by atoms with van der Waals surface area (Å²) in [7, 11) is -0.611. The largest absolute Gasteiger partial charge is 0.425 e. The maximum absolute atomic E-state index is 5.10. The van der Waals surface area contributed by atoms with Gasteiger partial charge >= 0.3 is 0 Å². The molecule has 4 nitrogen and oxygen atoms in total. The molecule has 0 aromatic heterocycles. The van der Waals surface area contributed by atoms with Crippen molar-refractivity contribution in [3.05, 3.63) is 0 Å². The Morgan fingerprint density at radius 3 is 1.09 bits per heavy atom. The van der Waals surface area contributed by atoms with Crippen molar-refractivity contribution in [3.63, 3.8) is 0 Å². The summed E-state index contributed by atoms with van der Waals surface area (Å²) in [6.07, 6.45) is 0. The predicted molar refractivity (Wildman–Crippen MR) is 56.0 cm³/mol. The molecule has 0 spiro atoms. The van der Waals surface area contributed by atoms with Crippen molar-refractivity contribution in [3.8, 4) is 0 Å². The van der Waals surface area contributed by atoms with Gasteiger partial charge in [-0.3, -0.25) is 0 Å². The van der Waals surface area contributed by atoms with Crippen LogP contribution < -0.4 is 0 Å². The van der Waals surface area contributed by atoms with Crippen LogP contribution in [-0.4, -0.2) is 47.3 Å². The quantitative estimate of drug-likeness (QED) is 0.408. The van der Waals surface area contributed by atoms with Crippen LogP contribution in [0.2, 0.25) is 13.6 Å². The molecule has 11 heavy (non-hydrogen) atoms. The monoisotopic (exact) mass is 225 g/mol. The standard InChI is InChI=1S/C2H6B.H8O4Si4/c1-3-2;1-5-2-7-4-8-3-6-1/h1-2H3;5-8H2. The van der Waals surface area contributed by atoms with Crippen LogP contribution in [0.5, 0.6) is 0 Å². The molecule has 0 atom stereocenters.